The Morgan fingerprint density at radius 2 is 0.689 bits per heavy atom. The number of allylic oxidation sites excluding steroid dienone is 6. The van der Waals surface area contributed by atoms with Gasteiger partial charge in [0, 0.05) is 12.8 Å². The van der Waals surface area contributed by atoms with E-state index in [4.69, 9.17) is 4.74 Å². The quantitative estimate of drug-likeness (QED) is 0.0320. The van der Waals surface area contributed by atoms with Crippen LogP contribution in [-0.4, -0.2) is 47.4 Å². The number of amides is 1. The standard InChI is InChI=1S/C68H129NO5/c1-3-5-7-9-11-13-15-17-19-20-21-22-23-24-25-26-27-30-33-36-40-44-48-52-56-60-66(71)65(64-70)69-67(72)61-57-53-49-45-41-37-34-31-28-29-32-35-39-43-47-51-55-59-63-74-68(73)62-58-54-50-46-42-38-18-16-14-12-10-8-6-4-2/h10,12,16,18,31,34,65-66,70-71H,3-9,11,13-15,17,19-30,32-33,35-64H2,1-2H3,(H,69,72)/b12-10-,18-16-,34-31-. The summed E-state index contributed by atoms with van der Waals surface area (Å²) >= 11 is 0. The summed E-state index contributed by atoms with van der Waals surface area (Å²) in [5.41, 5.74) is 0. The first-order valence-electron chi connectivity index (χ1n) is 33.2. The van der Waals surface area contributed by atoms with Crippen molar-refractivity contribution in [2.24, 2.45) is 0 Å². The number of aliphatic hydroxyl groups is 2. The van der Waals surface area contributed by atoms with E-state index in [0.29, 0.717) is 25.9 Å². The van der Waals surface area contributed by atoms with Crippen molar-refractivity contribution >= 4 is 11.9 Å². The van der Waals surface area contributed by atoms with Crippen LogP contribution in [0.3, 0.4) is 0 Å². The number of hydrogen-bond acceptors (Lipinski definition) is 5. The molecule has 74 heavy (non-hydrogen) atoms. The van der Waals surface area contributed by atoms with Crippen molar-refractivity contribution in [1.82, 2.24) is 5.32 Å². The molecule has 0 aliphatic rings. The molecule has 0 radical (unpaired) electrons. The van der Waals surface area contributed by atoms with Crippen LogP contribution >= 0.6 is 0 Å². The van der Waals surface area contributed by atoms with Crippen LogP contribution in [0.25, 0.3) is 0 Å². The monoisotopic (exact) mass is 1040 g/mol. The van der Waals surface area contributed by atoms with Gasteiger partial charge < -0.3 is 20.3 Å². The van der Waals surface area contributed by atoms with Crippen molar-refractivity contribution in [2.45, 2.75) is 373 Å². The molecule has 0 bridgehead atoms. The highest BCUT2D eigenvalue weighted by Crippen LogP contribution is 2.18. The fourth-order valence-corrected chi connectivity index (χ4v) is 10.3. The molecule has 1 amide bonds. The predicted octanol–water partition coefficient (Wildman–Crippen LogP) is 21.1. The zero-order valence-electron chi connectivity index (χ0n) is 49.8. The van der Waals surface area contributed by atoms with Gasteiger partial charge in [-0.1, -0.05) is 307 Å². The number of rotatable bonds is 62. The third kappa shape index (κ3) is 59.3. The van der Waals surface area contributed by atoms with Crippen molar-refractivity contribution in [3.63, 3.8) is 0 Å². The summed E-state index contributed by atoms with van der Waals surface area (Å²) in [7, 11) is 0. The highest BCUT2D eigenvalue weighted by atomic mass is 16.5. The van der Waals surface area contributed by atoms with E-state index in [1.54, 1.807) is 0 Å². The minimum absolute atomic E-state index is 0.0110. The first-order chi connectivity index (χ1) is 36.5. The molecule has 0 spiro atoms. The molecule has 0 aromatic heterocycles. The Morgan fingerprint density at radius 1 is 0.378 bits per heavy atom. The molecule has 6 nitrogen and oxygen atoms in total. The van der Waals surface area contributed by atoms with Gasteiger partial charge in [0.2, 0.25) is 5.91 Å². The third-order valence-electron chi connectivity index (χ3n) is 15.4. The number of carbonyl (C=O) groups is 2. The normalized spacial score (nSPS) is 12.8. The second-order valence-electron chi connectivity index (χ2n) is 22.8. The fraction of sp³-hybridized carbons (Fsp3) is 0.882. The van der Waals surface area contributed by atoms with Crippen LogP contribution in [-0.2, 0) is 14.3 Å². The zero-order valence-corrected chi connectivity index (χ0v) is 49.8. The number of aliphatic hydroxyl groups excluding tert-OH is 2. The van der Waals surface area contributed by atoms with E-state index in [1.165, 1.54) is 257 Å². The predicted molar refractivity (Wildman–Crippen MR) is 324 cm³/mol. The second kappa shape index (κ2) is 63.6. The summed E-state index contributed by atoms with van der Waals surface area (Å²) in [5, 5.41) is 23.4. The Balaban J connectivity index is 3.45. The van der Waals surface area contributed by atoms with Crippen molar-refractivity contribution < 1.29 is 24.5 Å². The molecular formula is C68H129NO5. The summed E-state index contributed by atoms with van der Waals surface area (Å²) < 4.78 is 5.47. The van der Waals surface area contributed by atoms with Crippen LogP contribution in [0, 0.1) is 0 Å². The van der Waals surface area contributed by atoms with Crippen LogP contribution in [0.2, 0.25) is 0 Å². The summed E-state index contributed by atoms with van der Waals surface area (Å²) in [6, 6.07) is -0.554. The summed E-state index contributed by atoms with van der Waals surface area (Å²) in [6.45, 7) is 4.92. The number of nitrogens with one attached hydrogen (secondary N) is 1. The molecule has 0 aromatic rings. The van der Waals surface area contributed by atoms with Gasteiger partial charge in [0.05, 0.1) is 25.4 Å². The molecule has 0 aliphatic carbocycles. The maximum Gasteiger partial charge on any atom is 0.305 e. The van der Waals surface area contributed by atoms with Crippen LogP contribution in [0.4, 0.5) is 0 Å². The number of esters is 1. The fourth-order valence-electron chi connectivity index (χ4n) is 10.3. The maximum absolute atomic E-state index is 12.5. The van der Waals surface area contributed by atoms with Gasteiger partial charge in [-0.3, -0.25) is 9.59 Å². The Morgan fingerprint density at radius 3 is 1.08 bits per heavy atom. The first-order valence-corrected chi connectivity index (χ1v) is 33.2. The maximum atomic E-state index is 12.5. The molecule has 0 saturated heterocycles. The molecule has 0 saturated carbocycles. The first kappa shape index (κ1) is 72.1. The molecule has 2 unspecified atom stereocenters. The van der Waals surface area contributed by atoms with Crippen molar-refractivity contribution in [3.8, 4) is 0 Å². The van der Waals surface area contributed by atoms with E-state index < -0.39 is 12.1 Å². The Bertz CT molecular complexity index is 1200. The lowest BCUT2D eigenvalue weighted by atomic mass is 10.0. The number of unbranched alkanes of at least 4 members (excludes halogenated alkanes) is 45. The summed E-state index contributed by atoms with van der Waals surface area (Å²) in [4.78, 5) is 24.6. The van der Waals surface area contributed by atoms with Gasteiger partial charge in [0.25, 0.3) is 0 Å². The molecule has 6 heteroatoms. The van der Waals surface area contributed by atoms with E-state index >= 15 is 0 Å². The van der Waals surface area contributed by atoms with Gasteiger partial charge in [0.1, 0.15) is 0 Å². The number of carbonyl (C=O) groups excluding carboxylic acids is 2. The number of hydrogen-bond donors (Lipinski definition) is 3. The van der Waals surface area contributed by atoms with Gasteiger partial charge >= 0.3 is 5.97 Å². The highest BCUT2D eigenvalue weighted by molar-refractivity contribution is 5.76. The molecule has 0 rings (SSSR count). The second-order valence-corrected chi connectivity index (χ2v) is 22.8. The van der Waals surface area contributed by atoms with Crippen molar-refractivity contribution in [1.29, 1.82) is 0 Å². The molecule has 3 N–H and O–H groups in total. The van der Waals surface area contributed by atoms with Crippen LogP contribution in [0.1, 0.15) is 361 Å². The smallest absolute Gasteiger partial charge is 0.305 e. The minimum atomic E-state index is -0.675. The molecule has 0 aliphatic heterocycles. The molecule has 2 atom stereocenters. The number of ether oxygens (including phenoxy) is 1. The Kier molecular flexibility index (Phi) is 62.0. The van der Waals surface area contributed by atoms with Gasteiger partial charge in [-0.2, -0.15) is 0 Å². The van der Waals surface area contributed by atoms with Crippen molar-refractivity contribution in [2.75, 3.05) is 13.2 Å². The van der Waals surface area contributed by atoms with Crippen LogP contribution in [0.15, 0.2) is 36.5 Å². The SMILES string of the molecule is CCCC/C=C\C/C=C\CCCCCCCC(=O)OCCCCCCCCCCC/C=C\CCCCCCCC(=O)NC(CO)C(O)CCCCCCCCCCCCCCCCCCCCCCCCCCC. The van der Waals surface area contributed by atoms with Crippen molar-refractivity contribution in [3.05, 3.63) is 36.5 Å². The molecule has 0 heterocycles. The zero-order chi connectivity index (χ0) is 53.6. The van der Waals surface area contributed by atoms with E-state index in [-0.39, 0.29) is 18.5 Å². The lowest BCUT2D eigenvalue weighted by Gasteiger charge is -2.22. The molecule has 436 valence electrons. The molecule has 0 fully saturated rings. The topological polar surface area (TPSA) is 95.9 Å². The molecular weight excluding hydrogens is 911 g/mol. The largest absolute Gasteiger partial charge is 0.466 e. The van der Waals surface area contributed by atoms with E-state index in [1.807, 2.05) is 0 Å². The van der Waals surface area contributed by atoms with E-state index in [2.05, 4.69) is 55.6 Å². The summed E-state index contributed by atoms with van der Waals surface area (Å²) in [6.07, 6.45) is 80.2. The van der Waals surface area contributed by atoms with Gasteiger partial charge in [-0.05, 0) is 77.0 Å². The van der Waals surface area contributed by atoms with Gasteiger partial charge in [0.15, 0.2) is 0 Å². The van der Waals surface area contributed by atoms with E-state index in [0.717, 1.165) is 70.6 Å². The lowest BCUT2D eigenvalue weighted by molar-refractivity contribution is -0.143. The summed E-state index contributed by atoms with van der Waals surface area (Å²) in [5.74, 6) is -0.0571. The van der Waals surface area contributed by atoms with Gasteiger partial charge in [-0.15, -0.1) is 0 Å². The van der Waals surface area contributed by atoms with E-state index in [9.17, 15) is 19.8 Å². The third-order valence-corrected chi connectivity index (χ3v) is 15.4. The highest BCUT2D eigenvalue weighted by Gasteiger charge is 2.20. The average Bonchev–Trinajstić information content (AvgIpc) is 3.40. The lowest BCUT2D eigenvalue weighted by Crippen LogP contribution is -2.45. The van der Waals surface area contributed by atoms with Crippen LogP contribution < -0.4 is 5.32 Å². The van der Waals surface area contributed by atoms with Gasteiger partial charge in [-0.25, -0.2) is 0 Å². The Labute approximate surface area is 462 Å². The average molecular weight is 1040 g/mol. The van der Waals surface area contributed by atoms with Crippen LogP contribution in [0.5, 0.6) is 0 Å². The minimum Gasteiger partial charge on any atom is -0.466 e. The Hall–Kier alpha value is -1.92. The molecule has 0 aromatic carbocycles.